The molecule has 2 aliphatic rings. The van der Waals surface area contributed by atoms with Crippen LogP contribution in [0.2, 0.25) is 0 Å². The Bertz CT molecular complexity index is 5330. The fourth-order valence-electron chi connectivity index (χ4n) is 15.2. The van der Waals surface area contributed by atoms with Crippen LogP contribution in [0.5, 0.6) is 0 Å². The fourth-order valence-corrected chi connectivity index (χ4v) is 15.5. The van der Waals surface area contributed by atoms with Crippen molar-refractivity contribution in [3.63, 3.8) is 0 Å². The largest absolute Gasteiger partial charge is 0.356 e. The summed E-state index contributed by atoms with van der Waals surface area (Å²) in [6.07, 6.45) is 0. The zero-order chi connectivity index (χ0) is 67.8. The third kappa shape index (κ3) is 12.4. The molecule has 0 unspecified atom stereocenters. The summed E-state index contributed by atoms with van der Waals surface area (Å²) in [5.74, 6) is 0. The van der Waals surface area contributed by atoms with Crippen LogP contribution in [0.1, 0.15) is 44.5 Å². The van der Waals surface area contributed by atoms with Crippen LogP contribution >= 0.6 is 15.9 Å². The van der Waals surface area contributed by atoms with Crippen LogP contribution in [0, 0.1) is 0 Å². The molecule has 0 aromatic heterocycles. The average molecular weight is 1360 g/mol. The number of benzene rings is 16. The lowest BCUT2D eigenvalue weighted by molar-refractivity contribution is 0.768. The number of hydrogen-bond donors (Lipinski definition) is 1. The van der Waals surface area contributed by atoms with Crippen molar-refractivity contribution in [1.82, 2.24) is 0 Å². The number of anilines is 5. The summed E-state index contributed by atoms with van der Waals surface area (Å²) in [5.41, 5.74) is 30.4. The van der Waals surface area contributed by atoms with Crippen LogP contribution in [-0.2, 0) is 10.8 Å². The van der Waals surface area contributed by atoms with Crippen LogP contribution in [0.15, 0.2) is 429 Å². The van der Waals surface area contributed by atoms with Gasteiger partial charge in [-0.1, -0.05) is 368 Å². The third-order valence-electron chi connectivity index (χ3n) is 19.9. The Morgan fingerprint density at radius 3 is 0.762 bits per heavy atom. The molecule has 480 valence electrons. The number of rotatable bonds is 13. The second-order valence-corrected chi connectivity index (χ2v) is 26.6. The number of halogens is 1. The lowest BCUT2D eigenvalue weighted by atomic mass is 9.67. The van der Waals surface area contributed by atoms with E-state index in [1.807, 2.05) is 24.3 Å². The van der Waals surface area contributed by atoms with Gasteiger partial charge in [-0.2, -0.15) is 0 Å². The molecular formula is C98H71BrN2. The van der Waals surface area contributed by atoms with Crippen molar-refractivity contribution in [3.8, 4) is 66.8 Å². The van der Waals surface area contributed by atoms with Gasteiger partial charge in [-0.3, -0.25) is 0 Å². The van der Waals surface area contributed by atoms with Crippen LogP contribution < -0.4 is 10.2 Å². The van der Waals surface area contributed by atoms with Gasteiger partial charge in [-0.25, -0.2) is 0 Å². The van der Waals surface area contributed by atoms with Crippen molar-refractivity contribution < 1.29 is 0 Å². The Labute approximate surface area is 601 Å². The van der Waals surface area contributed by atoms with Crippen LogP contribution in [0.3, 0.4) is 0 Å². The van der Waals surface area contributed by atoms with Gasteiger partial charge < -0.3 is 10.2 Å². The van der Waals surface area contributed by atoms with E-state index in [1.165, 1.54) is 111 Å². The lowest BCUT2D eigenvalue weighted by Crippen LogP contribution is -2.28. The summed E-state index contributed by atoms with van der Waals surface area (Å²) in [7, 11) is 0. The van der Waals surface area contributed by atoms with Gasteiger partial charge in [0.25, 0.3) is 0 Å². The minimum absolute atomic E-state index is 0.327. The molecule has 2 aliphatic carbocycles. The maximum absolute atomic E-state index is 3.54. The van der Waals surface area contributed by atoms with Crippen molar-refractivity contribution in [2.75, 3.05) is 10.2 Å². The van der Waals surface area contributed by atoms with Crippen LogP contribution in [0.25, 0.3) is 66.8 Å². The van der Waals surface area contributed by atoms with E-state index in [1.54, 1.807) is 0 Å². The number of nitrogens with one attached hydrogen (secondary N) is 1. The van der Waals surface area contributed by atoms with Gasteiger partial charge in [-0.15, -0.1) is 0 Å². The Kier molecular flexibility index (Phi) is 17.9. The first-order valence-electron chi connectivity index (χ1n) is 34.6. The molecule has 16 aromatic carbocycles. The van der Waals surface area contributed by atoms with Gasteiger partial charge in [-0.05, 0) is 184 Å². The van der Waals surface area contributed by atoms with Gasteiger partial charge in [0.05, 0.1) is 10.8 Å². The van der Waals surface area contributed by atoms with Crippen molar-refractivity contribution >= 4 is 44.4 Å². The SMILES string of the molecule is Brc1ccc(-c2ccc(C3(c4ccccc4)c4ccccc4-c4ccccc43)cc2)cc1.c1ccc(-c2ccc(N(c3ccccc3)c3ccc(-c4ccc(C5(c6ccccc6)c6ccccc6-c6ccccc65)cc4)cc3)cc2)cc1.c1ccc(Nc2ccc(-c3ccccc3)cc2)cc1. The second-order valence-electron chi connectivity index (χ2n) is 25.6. The van der Waals surface area contributed by atoms with E-state index in [0.717, 1.165) is 32.9 Å². The fraction of sp³-hybridized carbons (Fsp3) is 0.0204. The Morgan fingerprint density at radius 2 is 0.416 bits per heavy atom. The molecule has 0 atom stereocenters. The minimum atomic E-state index is -0.386. The van der Waals surface area contributed by atoms with E-state index in [9.17, 15) is 0 Å². The molecular weight excluding hydrogens is 1280 g/mol. The Hall–Kier alpha value is -12.4. The minimum Gasteiger partial charge on any atom is -0.356 e. The molecule has 3 heteroatoms. The van der Waals surface area contributed by atoms with Crippen molar-refractivity contribution in [1.29, 1.82) is 0 Å². The lowest BCUT2D eigenvalue weighted by Gasteiger charge is -2.34. The molecule has 0 aliphatic heterocycles. The van der Waals surface area contributed by atoms with Gasteiger partial charge >= 0.3 is 0 Å². The summed E-state index contributed by atoms with van der Waals surface area (Å²) in [6.45, 7) is 0. The number of para-hydroxylation sites is 2. The first-order chi connectivity index (χ1) is 50.0. The zero-order valence-corrected chi connectivity index (χ0v) is 57.3. The zero-order valence-electron chi connectivity index (χ0n) is 55.7. The molecule has 16 aromatic rings. The topological polar surface area (TPSA) is 15.3 Å². The smallest absolute Gasteiger partial charge is 0.0713 e. The van der Waals surface area contributed by atoms with Crippen LogP contribution in [0.4, 0.5) is 28.4 Å². The molecule has 0 amide bonds. The van der Waals surface area contributed by atoms with E-state index < -0.39 is 0 Å². The van der Waals surface area contributed by atoms with Gasteiger partial charge in [0, 0.05) is 32.9 Å². The maximum atomic E-state index is 3.54. The number of nitrogens with zero attached hydrogens (tertiary/aromatic N) is 1. The molecule has 0 spiro atoms. The van der Waals surface area contributed by atoms with E-state index in [4.69, 9.17) is 0 Å². The highest BCUT2D eigenvalue weighted by atomic mass is 79.9. The highest BCUT2D eigenvalue weighted by Crippen LogP contribution is 2.58. The van der Waals surface area contributed by atoms with E-state index in [0.29, 0.717) is 0 Å². The summed E-state index contributed by atoms with van der Waals surface area (Å²) in [4.78, 5) is 2.32. The average Bonchev–Trinajstić information content (AvgIpc) is 1.56. The standard InChI is InChI=1S/C49H35N.C31H21Br.C18H15N/c1-4-14-36(15-5-1)38-26-32-43(33-27-38)50(42-18-8-3-9-19-42)44-34-28-39(29-35-44)37-24-30-41(31-25-37)49(40-16-6-2-7-17-40)47-22-12-10-20-45(47)46-21-11-13-23-48(46)49;32-26-20-16-23(17-21-26)22-14-18-25(19-15-22)31(24-8-2-1-3-9-24)29-12-6-4-10-27(29)28-11-5-7-13-30(28)31;1-3-7-15(8-4-1)16-11-13-18(14-12-16)19-17-9-5-2-6-10-17/h1-35H;1-21H;1-14,19H. The predicted molar refractivity (Wildman–Crippen MR) is 428 cm³/mol. The van der Waals surface area contributed by atoms with Crippen molar-refractivity contribution in [3.05, 3.63) is 474 Å². The van der Waals surface area contributed by atoms with Crippen molar-refractivity contribution in [2.45, 2.75) is 10.8 Å². The highest BCUT2D eigenvalue weighted by molar-refractivity contribution is 9.10. The quantitative estimate of drug-likeness (QED) is 0.124. The predicted octanol–water partition coefficient (Wildman–Crippen LogP) is 26.4. The summed E-state index contributed by atoms with van der Waals surface area (Å²) in [5, 5.41) is 3.38. The van der Waals surface area contributed by atoms with Crippen molar-refractivity contribution in [2.24, 2.45) is 0 Å². The molecule has 0 heterocycles. The second kappa shape index (κ2) is 28.6. The Morgan fingerprint density at radius 1 is 0.188 bits per heavy atom. The molecule has 1 N–H and O–H groups in total. The number of hydrogen-bond acceptors (Lipinski definition) is 2. The third-order valence-corrected chi connectivity index (χ3v) is 20.4. The first kappa shape index (κ1) is 63.3. The number of fused-ring (bicyclic) bond motifs is 6. The summed E-state index contributed by atoms with van der Waals surface area (Å²) >= 11 is 3.54. The van der Waals surface area contributed by atoms with Crippen LogP contribution in [-0.4, -0.2) is 0 Å². The van der Waals surface area contributed by atoms with Gasteiger partial charge in [0.15, 0.2) is 0 Å². The molecule has 0 saturated carbocycles. The Balaban J connectivity index is 0.000000132. The molecule has 2 nitrogen and oxygen atoms in total. The maximum Gasteiger partial charge on any atom is 0.0713 e. The molecule has 0 fully saturated rings. The first-order valence-corrected chi connectivity index (χ1v) is 35.4. The van der Waals surface area contributed by atoms with Gasteiger partial charge in [0.1, 0.15) is 0 Å². The molecule has 101 heavy (non-hydrogen) atoms. The molecule has 0 radical (unpaired) electrons. The summed E-state index contributed by atoms with van der Waals surface area (Å²) < 4.78 is 1.10. The van der Waals surface area contributed by atoms with E-state index >= 15 is 0 Å². The highest BCUT2D eigenvalue weighted by Gasteiger charge is 2.47. The molecule has 18 rings (SSSR count). The summed E-state index contributed by atoms with van der Waals surface area (Å²) in [6, 6.07) is 152. The van der Waals surface area contributed by atoms with E-state index in [-0.39, 0.29) is 10.8 Å². The molecule has 0 saturated heterocycles. The normalized spacial score (nSPS) is 12.4. The molecule has 0 bridgehead atoms. The van der Waals surface area contributed by atoms with E-state index in [2.05, 4.69) is 427 Å². The van der Waals surface area contributed by atoms with Gasteiger partial charge in [0.2, 0.25) is 0 Å². The monoisotopic (exact) mass is 1350 g/mol.